The Morgan fingerprint density at radius 1 is 1.42 bits per heavy atom. The van der Waals surface area contributed by atoms with Crippen LogP contribution >= 0.6 is 8.60 Å². The summed E-state index contributed by atoms with van der Waals surface area (Å²) in [4.78, 5) is 11.3. The van der Waals surface area contributed by atoms with Crippen LogP contribution in [0.2, 0.25) is 0 Å². The highest BCUT2D eigenvalue weighted by Gasteiger charge is 2.25. The van der Waals surface area contributed by atoms with Crippen LogP contribution in [-0.4, -0.2) is 51.3 Å². The summed E-state index contributed by atoms with van der Waals surface area (Å²) < 4.78 is 25.8. The van der Waals surface area contributed by atoms with Gasteiger partial charge in [0.15, 0.2) is 0 Å². The molecule has 0 spiro atoms. The van der Waals surface area contributed by atoms with E-state index in [0.717, 1.165) is 6.61 Å². The number of nitrogens with one attached hydrogen (secondary N) is 1. The average Bonchev–Trinajstić information content (AvgIpc) is 3.09. The lowest BCUT2D eigenvalue weighted by Gasteiger charge is -2.20. The van der Waals surface area contributed by atoms with Crippen LogP contribution in [0.3, 0.4) is 0 Å². The van der Waals surface area contributed by atoms with E-state index in [1.807, 2.05) is 0 Å². The third-order valence-corrected chi connectivity index (χ3v) is 2.94. The van der Waals surface area contributed by atoms with Gasteiger partial charge in [-0.2, -0.15) is 0 Å². The van der Waals surface area contributed by atoms with Crippen molar-refractivity contribution >= 4 is 14.7 Å². The van der Waals surface area contributed by atoms with Gasteiger partial charge in [-0.15, -0.1) is 0 Å². The van der Waals surface area contributed by atoms with E-state index in [4.69, 9.17) is 23.0 Å². The Labute approximate surface area is 114 Å². The summed E-state index contributed by atoms with van der Waals surface area (Å²) in [5, 5.41) is 2.58. The normalized spacial score (nSPS) is 19.9. The number of amides is 1. The second-order valence-electron chi connectivity index (χ2n) is 4.92. The maximum absolute atomic E-state index is 11.3. The molecule has 19 heavy (non-hydrogen) atoms. The van der Waals surface area contributed by atoms with Gasteiger partial charge in [0, 0.05) is 13.7 Å². The van der Waals surface area contributed by atoms with Crippen LogP contribution in [0.25, 0.3) is 0 Å². The van der Waals surface area contributed by atoms with Crippen LogP contribution in [0.15, 0.2) is 0 Å². The minimum absolute atomic E-state index is 0.170. The Hall–Kier alpha value is -0.460. The second kappa shape index (κ2) is 7.97. The van der Waals surface area contributed by atoms with E-state index in [-0.39, 0.29) is 6.10 Å². The van der Waals surface area contributed by atoms with Crippen LogP contribution in [-0.2, 0) is 23.0 Å². The SMILES string of the molecule is COP(OCCNC(=O)OC(C)(C)C)OC[C@@H]1CO1. The minimum Gasteiger partial charge on any atom is -0.444 e. The third-order valence-electron chi connectivity index (χ3n) is 1.88. The van der Waals surface area contributed by atoms with Crippen molar-refractivity contribution in [2.45, 2.75) is 32.5 Å². The molecular weight excluding hydrogens is 273 g/mol. The summed E-state index contributed by atoms with van der Waals surface area (Å²) >= 11 is 0. The molecule has 0 radical (unpaired) electrons. The van der Waals surface area contributed by atoms with Gasteiger partial charge in [0.25, 0.3) is 0 Å². The van der Waals surface area contributed by atoms with E-state index in [2.05, 4.69) is 5.32 Å². The zero-order valence-electron chi connectivity index (χ0n) is 11.8. The first-order valence-corrected chi connectivity index (χ1v) is 7.19. The molecule has 1 aliphatic heterocycles. The molecule has 1 amide bonds. The van der Waals surface area contributed by atoms with Crippen molar-refractivity contribution < 1.29 is 27.8 Å². The molecule has 0 saturated carbocycles. The van der Waals surface area contributed by atoms with Crippen molar-refractivity contribution in [1.82, 2.24) is 5.32 Å². The Balaban J connectivity index is 2.02. The smallest absolute Gasteiger partial charge is 0.407 e. The second-order valence-corrected chi connectivity index (χ2v) is 6.25. The minimum atomic E-state index is -1.38. The summed E-state index contributed by atoms with van der Waals surface area (Å²) in [5.41, 5.74) is -0.503. The molecule has 1 heterocycles. The van der Waals surface area contributed by atoms with Crippen molar-refractivity contribution in [2.75, 3.05) is 33.5 Å². The molecule has 2 atom stereocenters. The third kappa shape index (κ3) is 9.13. The first-order valence-electron chi connectivity index (χ1n) is 6.09. The van der Waals surface area contributed by atoms with Gasteiger partial charge in [0.1, 0.15) is 11.7 Å². The zero-order valence-corrected chi connectivity index (χ0v) is 12.7. The standard InChI is InChI=1S/C11H22NO6P/c1-11(2,3)18-10(13)12-5-6-16-19(14-4)17-8-9-7-15-9/h9H,5-8H2,1-4H3,(H,12,13)/t9-,19?/m0/s1. The lowest BCUT2D eigenvalue weighted by atomic mass is 10.2. The first-order chi connectivity index (χ1) is 8.90. The van der Waals surface area contributed by atoms with E-state index in [0.29, 0.717) is 19.8 Å². The van der Waals surface area contributed by atoms with Crippen LogP contribution in [0.5, 0.6) is 0 Å². The summed E-state index contributed by atoms with van der Waals surface area (Å²) in [6.45, 7) is 7.25. The molecule has 8 heteroatoms. The molecule has 0 bridgehead atoms. The van der Waals surface area contributed by atoms with Crippen LogP contribution in [0, 0.1) is 0 Å². The summed E-state index contributed by atoms with van der Waals surface area (Å²) in [5.74, 6) is 0. The zero-order chi connectivity index (χ0) is 14.3. The van der Waals surface area contributed by atoms with Gasteiger partial charge in [-0.3, -0.25) is 0 Å². The number of ether oxygens (including phenoxy) is 2. The number of carbonyl (C=O) groups is 1. The topological polar surface area (TPSA) is 78.6 Å². The fourth-order valence-corrected chi connectivity index (χ4v) is 1.85. The van der Waals surface area contributed by atoms with Crippen LogP contribution in [0.1, 0.15) is 20.8 Å². The number of alkyl carbamates (subject to hydrolysis) is 1. The van der Waals surface area contributed by atoms with Crippen molar-refractivity contribution in [3.05, 3.63) is 0 Å². The molecule has 0 aromatic carbocycles. The average molecular weight is 295 g/mol. The Morgan fingerprint density at radius 3 is 2.63 bits per heavy atom. The number of epoxide rings is 1. The molecular formula is C11H22NO6P. The fourth-order valence-electron chi connectivity index (χ4n) is 1.04. The van der Waals surface area contributed by atoms with E-state index in [1.54, 1.807) is 20.8 Å². The molecule has 7 nitrogen and oxygen atoms in total. The Bertz CT molecular complexity index is 279. The van der Waals surface area contributed by atoms with Gasteiger partial charge in [-0.25, -0.2) is 4.79 Å². The van der Waals surface area contributed by atoms with Gasteiger partial charge < -0.3 is 28.4 Å². The van der Waals surface area contributed by atoms with Crippen molar-refractivity contribution in [3.8, 4) is 0 Å². The Kier molecular flexibility index (Phi) is 6.96. The van der Waals surface area contributed by atoms with E-state index >= 15 is 0 Å². The highest BCUT2D eigenvalue weighted by atomic mass is 31.2. The maximum Gasteiger partial charge on any atom is 0.407 e. The molecule has 1 aliphatic rings. The number of carbonyl (C=O) groups excluding carboxylic acids is 1. The molecule has 1 fully saturated rings. The van der Waals surface area contributed by atoms with Crippen molar-refractivity contribution in [3.63, 3.8) is 0 Å². The first kappa shape index (κ1) is 16.6. The van der Waals surface area contributed by atoms with E-state index in [9.17, 15) is 4.79 Å². The fraction of sp³-hybridized carbons (Fsp3) is 0.909. The highest BCUT2D eigenvalue weighted by Crippen LogP contribution is 2.39. The quantitative estimate of drug-likeness (QED) is 0.418. The van der Waals surface area contributed by atoms with Crippen LogP contribution < -0.4 is 5.32 Å². The molecule has 112 valence electrons. The van der Waals surface area contributed by atoms with Gasteiger partial charge in [-0.05, 0) is 20.8 Å². The van der Waals surface area contributed by atoms with Crippen molar-refractivity contribution in [2.24, 2.45) is 0 Å². The Morgan fingerprint density at radius 2 is 2.11 bits per heavy atom. The van der Waals surface area contributed by atoms with E-state index in [1.165, 1.54) is 7.11 Å². The highest BCUT2D eigenvalue weighted by molar-refractivity contribution is 7.41. The van der Waals surface area contributed by atoms with Gasteiger partial charge in [-0.1, -0.05) is 0 Å². The molecule has 1 unspecified atom stereocenters. The molecule has 1 N–H and O–H groups in total. The van der Waals surface area contributed by atoms with Crippen LogP contribution in [0.4, 0.5) is 4.79 Å². The molecule has 0 aromatic rings. The summed E-state index contributed by atoms with van der Waals surface area (Å²) in [6.07, 6.45) is -0.297. The molecule has 1 saturated heterocycles. The lowest BCUT2D eigenvalue weighted by molar-refractivity contribution is 0.0516. The monoisotopic (exact) mass is 295 g/mol. The largest absolute Gasteiger partial charge is 0.444 e. The maximum atomic E-state index is 11.3. The molecule has 0 aliphatic carbocycles. The molecule has 0 aromatic heterocycles. The summed E-state index contributed by atoms with van der Waals surface area (Å²) in [6, 6.07) is 0. The van der Waals surface area contributed by atoms with Gasteiger partial charge >= 0.3 is 14.7 Å². The predicted octanol–water partition coefficient (Wildman–Crippen LogP) is 1.82. The molecule has 1 rings (SSSR count). The number of rotatable bonds is 8. The van der Waals surface area contributed by atoms with E-state index < -0.39 is 20.3 Å². The van der Waals surface area contributed by atoms with Crippen molar-refractivity contribution in [1.29, 1.82) is 0 Å². The lowest BCUT2D eigenvalue weighted by Crippen LogP contribution is -2.34. The van der Waals surface area contributed by atoms with Gasteiger partial charge in [0.05, 0.1) is 19.8 Å². The number of hydrogen-bond acceptors (Lipinski definition) is 6. The predicted molar refractivity (Wildman–Crippen MR) is 69.8 cm³/mol. The summed E-state index contributed by atoms with van der Waals surface area (Å²) in [7, 11) is 0.134. The van der Waals surface area contributed by atoms with Gasteiger partial charge in [0.2, 0.25) is 0 Å². The number of hydrogen-bond donors (Lipinski definition) is 1.